The van der Waals surface area contributed by atoms with Gasteiger partial charge in [-0.2, -0.15) is 4.98 Å². The molecule has 0 bridgehead atoms. The van der Waals surface area contributed by atoms with Gasteiger partial charge in [-0.25, -0.2) is 9.79 Å². The van der Waals surface area contributed by atoms with Crippen LogP contribution in [0.25, 0.3) is 11.5 Å². The summed E-state index contributed by atoms with van der Waals surface area (Å²) in [7, 11) is 0. The number of rotatable bonds is 9. The first-order valence-electron chi connectivity index (χ1n) is 10.7. The zero-order valence-electron chi connectivity index (χ0n) is 19.1. The van der Waals surface area contributed by atoms with Gasteiger partial charge in [-0.3, -0.25) is 0 Å². The molecule has 0 aliphatic heterocycles. The molecule has 0 aliphatic carbocycles. The van der Waals surface area contributed by atoms with Crippen LogP contribution in [0.1, 0.15) is 52.4 Å². The number of carbonyl (C=O) groups is 1. The van der Waals surface area contributed by atoms with E-state index in [0.29, 0.717) is 31.5 Å². The lowest BCUT2D eigenvalue weighted by atomic mass is 10.1. The summed E-state index contributed by atoms with van der Waals surface area (Å²) in [6.45, 7) is 11.7. The van der Waals surface area contributed by atoms with Crippen LogP contribution >= 0.6 is 0 Å². The van der Waals surface area contributed by atoms with Crippen molar-refractivity contribution >= 4 is 12.1 Å². The van der Waals surface area contributed by atoms with Gasteiger partial charge in [0, 0.05) is 31.6 Å². The van der Waals surface area contributed by atoms with Gasteiger partial charge >= 0.3 is 6.09 Å². The molecule has 0 spiro atoms. The van der Waals surface area contributed by atoms with Crippen molar-refractivity contribution in [3.05, 3.63) is 35.7 Å². The van der Waals surface area contributed by atoms with Gasteiger partial charge in [-0.15, -0.1) is 0 Å². The number of amides is 1. The van der Waals surface area contributed by atoms with Gasteiger partial charge in [-0.05, 0) is 51.8 Å². The van der Waals surface area contributed by atoms with Crippen molar-refractivity contribution in [2.75, 3.05) is 19.6 Å². The predicted molar refractivity (Wildman–Crippen MR) is 121 cm³/mol. The van der Waals surface area contributed by atoms with Crippen molar-refractivity contribution < 1.29 is 14.1 Å². The third kappa shape index (κ3) is 9.06. The van der Waals surface area contributed by atoms with Crippen LogP contribution in [0.15, 0.2) is 33.8 Å². The van der Waals surface area contributed by atoms with Crippen molar-refractivity contribution in [1.29, 1.82) is 0 Å². The SMILES string of the molecule is CCCc1noc(-c2cccc(CN=C(NCC)NCCNC(=O)OC(C)(C)C)c2)n1. The summed E-state index contributed by atoms with van der Waals surface area (Å²) in [5.74, 6) is 1.91. The fourth-order valence-corrected chi connectivity index (χ4v) is 2.67. The van der Waals surface area contributed by atoms with E-state index in [2.05, 4.69) is 38.0 Å². The molecule has 0 saturated heterocycles. The second-order valence-corrected chi connectivity index (χ2v) is 8.02. The predicted octanol–water partition coefficient (Wildman–Crippen LogP) is 3.27. The Kier molecular flexibility index (Phi) is 9.30. The number of hydrogen-bond acceptors (Lipinski definition) is 6. The molecule has 0 radical (unpaired) electrons. The first kappa shape index (κ1) is 24.2. The highest BCUT2D eigenvalue weighted by Crippen LogP contribution is 2.19. The molecule has 170 valence electrons. The third-order valence-electron chi connectivity index (χ3n) is 3.97. The number of aromatic nitrogens is 2. The zero-order valence-corrected chi connectivity index (χ0v) is 19.1. The Bertz CT molecular complexity index is 857. The molecule has 2 aromatic rings. The van der Waals surface area contributed by atoms with Crippen molar-refractivity contribution in [3.63, 3.8) is 0 Å². The lowest BCUT2D eigenvalue weighted by molar-refractivity contribution is 0.0529. The van der Waals surface area contributed by atoms with E-state index in [9.17, 15) is 4.79 Å². The zero-order chi connectivity index (χ0) is 22.7. The highest BCUT2D eigenvalue weighted by Gasteiger charge is 2.15. The second kappa shape index (κ2) is 11.9. The molecule has 0 unspecified atom stereocenters. The highest BCUT2D eigenvalue weighted by atomic mass is 16.6. The van der Waals surface area contributed by atoms with Crippen molar-refractivity contribution in [2.45, 2.75) is 59.6 Å². The van der Waals surface area contributed by atoms with E-state index in [1.54, 1.807) is 0 Å². The Labute approximate surface area is 184 Å². The number of aryl methyl sites for hydroxylation is 1. The van der Waals surface area contributed by atoms with Crippen LogP contribution in [0.3, 0.4) is 0 Å². The topological polar surface area (TPSA) is 114 Å². The average Bonchev–Trinajstić information content (AvgIpc) is 3.17. The van der Waals surface area contributed by atoms with Crippen LogP contribution in [0.4, 0.5) is 4.79 Å². The average molecular weight is 431 g/mol. The number of benzene rings is 1. The Morgan fingerprint density at radius 3 is 2.65 bits per heavy atom. The number of guanidine groups is 1. The molecule has 1 heterocycles. The molecule has 9 heteroatoms. The van der Waals surface area contributed by atoms with E-state index in [4.69, 9.17) is 9.26 Å². The molecule has 0 aliphatic rings. The smallest absolute Gasteiger partial charge is 0.407 e. The molecule has 9 nitrogen and oxygen atoms in total. The van der Waals surface area contributed by atoms with Crippen LogP contribution in [0, 0.1) is 0 Å². The van der Waals surface area contributed by atoms with Gasteiger partial charge < -0.3 is 25.2 Å². The number of carbonyl (C=O) groups excluding carboxylic acids is 1. The molecule has 0 saturated carbocycles. The van der Waals surface area contributed by atoms with Gasteiger partial charge in [0.1, 0.15) is 5.60 Å². The quantitative estimate of drug-likeness (QED) is 0.318. The van der Waals surface area contributed by atoms with Crippen molar-refractivity contribution in [2.24, 2.45) is 4.99 Å². The van der Waals surface area contributed by atoms with E-state index in [-0.39, 0.29) is 0 Å². The maximum atomic E-state index is 11.7. The minimum Gasteiger partial charge on any atom is -0.444 e. The lowest BCUT2D eigenvalue weighted by Gasteiger charge is -2.19. The molecule has 1 amide bonds. The minimum atomic E-state index is -0.513. The molecule has 2 rings (SSSR count). The summed E-state index contributed by atoms with van der Waals surface area (Å²) in [5.41, 5.74) is 1.39. The maximum Gasteiger partial charge on any atom is 0.407 e. The van der Waals surface area contributed by atoms with Crippen LogP contribution in [-0.2, 0) is 17.7 Å². The van der Waals surface area contributed by atoms with E-state index in [1.807, 2.05) is 52.0 Å². The number of aliphatic imine (C=N–C) groups is 1. The fraction of sp³-hybridized carbons (Fsp3) is 0.545. The third-order valence-corrected chi connectivity index (χ3v) is 3.97. The molecule has 31 heavy (non-hydrogen) atoms. The Balaban J connectivity index is 1.90. The highest BCUT2D eigenvalue weighted by molar-refractivity contribution is 5.79. The van der Waals surface area contributed by atoms with Crippen LogP contribution in [-0.4, -0.2) is 47.4 Å². The van der Waals surface area contributed by atoms with Gasteiger partial charge in [0.15, 0.2) is 11.8 Å². The molecule has 1 aromatic carbocycles. The van der Waals surface area contributed by atoms with Crippen molar-refractivity contribution in [1.82, 2.24) is 26.1 Å². The van der Waals surface area contributed by atoms with Crippen molar-refractivity contribution in [3.8, 4) is 11.5 Å². The summed E-state index contributed by atoms with van der Waals surface area (Å²) in [6.07, 6.45) is 1.34. The molecular formula is C22H34N6O3. The fourth-order valence-electron chi connectivity index (χ4n) is 2.67. The normalized spacial score (nSPS) is 11.8. The maximum absolute atomic E-state index is 11.7. The molecule has 0 atom stereocenters. The van der Waals surface area contributed by atoms with Crippen LogP contribution in [0.5, 0.6) is 0 Å². The molecular weight excluding hydrogens is 396 g/mol. The molecule has 1 aromatic heterocycles. The first-order valence-corrected chi connectivity index (χ1v) is 10.7. The summed E-state index contributed by atoms with van der Waals surface area (Å²) in [5, 5.41) is 13.1. The summed E-state index contributed by atoms with van der Waals surface area (Å²) in [6, 6.07) is 7.90. The van der Waals surface area contributed by atoms with Crippen LogP contribution < -0.4 is 16.0 Å². The first-order chi connectivity index (χ1) is 14.8. The van der Waals surface area contributed by atoms with Gasteiger partial charge in [0.05, 0.1) is 6.54 Å². The largest absolute Gasteiger partial charge is 0.444 e. The molecule has 3 N–H and O–H groups in total. The van der Waals surface area contributed by atoms with E-state index in [0.717, 1.165) is 36.3 Å². The second-order valence-electron chi connectivity index (χ2n) is 8.02. The Morgan fingerprint density at radius 2 is 1.94 bits per heavy atom. The lowest BCUT2D eigenvalue weighted by Crippen LogP contribution is -2.42. The number of alkyl carbamates (subject to hydrolysis) is 1. The van der Waals surface area contributed by atoms with Gasteiger partial charge in [0.25, 0.3) is 5.89 Å². The Morgan fingerprint density at radius 1 is 1.16 bits per heavy atom. The van der Waals surface area contributed by atoms with Crippen LogP contribution in [0.2, 0.25) is 0 Å². The summed E-state index contributed by atoms with van der Waals surface area (Å²) >= 11 is 0. The number of nitrogens with one attached hydrogen (secondary N) is 3. The van der Waals surface area contributed by atoms with Gasteiger partial charge in [0.2, 0.25) is 0 Å². The van der Waals surface area contributed by atoms with E-state index in [1.165, 1.54) is 0 Å². The number of hydrogen-bond donors (Lipinski definition) is 3. The minimum absolute atomic E-state index is 0.423. The summed E-state index contributed by atoms with van der Waals surface area (Å²) < 4.78 is 10.6. The van der Waals surface area contributed by atoms with E-state index < -0.39 is 11.7 Å². The summed E-state index contributed by atoms with van der Waals surface area (Å²) in [4.78, 5) is 20.8. The molecule has 0 fully saturated rings. The number of nitrogens with zero attached hydrogens (tertiary/aromatic N) is 3. The monoisotopic (exact) mass is 430 g/mol. The number of ether oxygens (including phenoxy) is 1. The Hall–Kier alpha value is -3.10. The van der Waals surface area contributed by atoms with E-state index >= 15 is 0 Å². The van der Waals surface area contributed by atoms with Gasteiger partial charge in [-0.1, -0.05) is 24.2 Å². The standard InChI is InChI=1S/C22H34N6O3/c1-6-9-18-27-19(31-28-18)17-11-8-10-16(14-17)15-26-20(23-7-2)24-12-13-25-21(29)30-22(3,4)5/h8,10-11,14H,6-7,9,12-13,15H2,1-5H3,(H,25,29)(H2,23,24,26).